The molecule has 0 aliphatic heterocycles. The van der Waals surface area contributed by atoms with Crippen molar-refractivity contribution in [3.8, 4) is 0 Å². The lowest BCUT2D eigenvalue weighted by atomic mass is 10.1. The molecular weight excluding hydrogens is 346 g/mol. The van der Waals surface area contributed by atoms with Crippen molar-refractivity contribution in [2.75, 3.05) is 27.2 Å². The third kappa shape index (κ3) is 4.86. The first-order valence-electron chi connectivity index (χ1n) is 8.62. The van der Waals surface area contributed by atoms with E-state index in [1.54, 1.807) is 0 Å². The van der Waals surface area contributed by atoms with Crippen LogP contribution in [0.5, 0.6) is 0 Å². The summed E-state index contributed by atoms with van der Waals surface area (Å²) in [5, 5.41) is 3.62. The summed E-state index contributed by atoms with van der Waals surface area (Å²) < 4.78 is 5.74. The average molecular weight is 369 g/mol. The van der Waals surface area contributed by atoms with Crippen LogP contribution < -0.4 is 5.32 Å². The molecule has 0 atom stereocenters. The van der Waals surface area contributed by atoms with Gasteiger partial charge in [-0.3, -0.25) is 4.79 Å². The van der Waals surface area contributed by atoms with E-state index in [1.807, 2.05) is 62.6 Å². The number of amides is 1. The van der Waals surface area contributed by atoms with E-state index >= 15 is 0 Å². The highest BCUT2D eigenvalue weighted by molar-refractivity contribution is 7.98. The van der Waals surface area contributed by atoms with Gasteiger partial charge in [0.1, 0.15) is 5.52 Å². The van der Waals surface area contributed by atoms with Crippen molar-refractivity contribution in [2.24, 2.45) is 0 Å². The summed E-state index contributed by atoms with van der Waals surface area (Å²) in [4.78, 5) is 19.1. The Morgan fingerprint density at radius 3 is 2.73 bits per heavy atom. The highest BCUT2D eigenvalue weighted by Gasteiger charge is 2.12. The predicted octanol–water partition coefficient (Wildman–Crippen LogP) is 3.80. The van der Waals surface area contributed by atoms with E-state index in [0.717, 1.165) is 29.6 Å². The van der Waals surface area contributed by atoms with E-state index in [2.05, 4.69) is 15.2 Å². The molecule has 1 heterocycles. The number of aromatic nitrogens is 1. The molecule has 3 aromatic rings. The molecule has 0 aliphatic carbocycles. The SMILES string of the molecule is CN(C)CCCNC(=O)c1ccccc1CSc1nc2ccccc2o1. The van der Waals surface area contributed by atoms with Crippen LogP contribution in [0, 0.1) is 0 Å². The van der Waals surface area contributed by atoms with Crippen molar-refractivity contribution in [3.63, 3.8) is 0 Å². The molecule has 136 valence electrons. The Bertz CT molecular complexity index is 843. The van der Waals surface area contributed by atoms with E-state index in [-0.39, 0.29) is 5.91 Å². The van der Waals surface area contributed by atoms with Gasteiger partial charge in [0.15, 0.2) is 5.58 Å². The van der Waals surface area contributed by atoms with Crippen molar-refractivity contribution in [1.29, 1.82) is 0 Å². The van der Waals surface area contributed by atoms with E-state index in [4.69, 9.17) is 4.42 Å². The first-order valence-corrected chi connectivity index (χ1v) is 9.61. The normalized spacial score (nSPS) is 11.2. The number of hydrogen-bond donors (Lipinski definition) is 1. The van der Waals surface area contributed by atoms with Crippen molar-refractivity contribution in [1.82, 2.24) is 15.2 Å². The summed E-state index contributed by atoms with van der Waals surface area (Å²) in [5.74, 6) is 0.603. The number of para-hydroxylation sites is 2. The Hall–Kier alpha value is -2.31. The zero-order valence-electron chi connectivity index (χ0n) is 15.1. The van der Waals surface area contributed by atoms with Gasteiger partial charge in [-0.15, -0.1) is 0 Å². The van der Waals surface area contributed by atoms with Gasteiger partial charge >= 0.3 is 0 Å². The number of oxazole rings is 1. The van der Waals surface area contributed by atoms with Crippen LogP contribution in [-0.4, -0.2) is 43.0 Å². The third-order valence-electron chi connectivity index (χ3n) is 3.96. The van der Waals surface area contributed by atoms with E-state index in [9.17, 15) is 4.79 Å². The molecule has 0 aliphatic rings. The molecule has 0 radical (unpaired) electrons. The second kappa shape index (κ2) is 8.87. The number of hydrogen-bond acceptors (Lipinski definition) is 5. The maximum atomic E-state index is 12.5. The monoisotopic (exact) mass is 369 g/mol. The lowest BCUT2D eigenvalue weighted by Gasteiger charge is -2.11. The highest BCUT2D eigenvalue weighted by atomic mass is 32.2. The number of rotatable bonds is 8. The molecule has 6 heteroatoms. The first kappa shape index (κ1) is 18.5. The molecule has 0 spiro atoms. The minimum Gasteiger partial charge on any atom is -0.431 e. The van der Waals surface area contributed by atoms with Gasteiger partial charge < -0.3 is 14.6 Å². The van der Waals surface area contributed by atoms with Gasteiger partial charge in [0, 0.05) is 17.9 Å². The quantitative estimate of drug-likeness (QED) is 0.483. The minimum atomic E-state index is -0.0301. The molecular formula is C20H23N3O2S. The number of thioether (sulfide) groups is 1. The van der Waals surface area contributed by atoms with Crippen LogP contribution in [0.1, 0.15) is 22.3 Å². The fourth-order valence-corrected chi connectivity index (χ4v) is 3.45. The predicted molar refractivity (Wildman–Crippen MR) is 106 cm³/mol. The molecule has 1 aromatic heterocycles. The summed E-state index contributed by atoms with van der Waals surface area (Å²) in [6.07, 6.45) is 0.929. The van der Waals surface area contributed by atoms with E-state index in [1.165, 1.54) is 11.8 Å². The van der Waals surface area contributed by atoms with Gasteiger partial charge in [0.25, 0.3) is 11.1 Å². The Morgan fingerprint density at radius 1 is 1.15 bits per heavy atom. The molecule has 0 fully saturated rings. The van der Waals surface area contributed by atoms with Gasteiger partial charge in [-0.25, -0.2) is 4.98 Å². The van der Waals surface area contributed by atoms with E-state index in [0.29, 0.717) is 23.1 Å². The molecule has 0 bridgehead atoms. The minimum absolute atomic E-state index is 0.0301. The van der Waals surface area contributed by atoms with Gasteiger partial charge in [0.05, 0.1) is 0 Å². The van der Waals surface area contributed by atoms with Crippen molar-refractivity contribution in [3.05, 3.63) is 59.7 Å². The summed E-state index contributed by atoms with van der Waals surface area (Å²) >= 11 is 1.50. The number of fused-ring (bicyclic) bond motifs is 1. The van der Waals surface area contributed by atoms with Crippen LogP contribution in [0.3, 0.4) is 0 Å². The third-order valence-corrected chi connectivity index (χ3v) is 4.83. The van der Waals surface area contributed by atoms with Crippen LogP contribution in [0.25, 0.3) is 11.1 Å². The Kier molecular flexibility index (Phi) is 6.30. The van der Waals surface area contributed by atoms with Crippen LogP contribution in [-0.2, 0) is 5.75 Å². The lowest BCUT2D eigenvalue weighted by Crippen LogP contribution is -2.27. The Balaban J connectivity index is 1.62. The standard InChI is InChI=1S/C20H23N3O2S/c1-23(2)13-7-12-21-19(24)16-9-4-3-8-15(16)14-26-20-22-17-10-5-6-11-18(17)25-20/h3-6,8-11H,7,12-14H2,1-2H3,(H,21,24). The fourth-order valence-electron chi connectivity index (χ4n) is 2.61. The Labute approximate surface area is 157 Å². The van der Waals surface area contributed by atoms with Crippen molar-refractivity contribution >= 4 is 28.8 Å². The molecule has 0 saturated heterocycles. The van der Waals surface area contributed by atoms with Crippen LogP contribution in [0.15, 0.2) is 58.2 Å². The maximum absolute atomic E-state index is 12.5. The largest absolute Gasteiger partial charge is 0.431 e. The fraction of sp³-hybridized carbons (Fsp3) is 0.300. The number of benzene rings is 2. The second-order valence-electron chi connectivity index (χ2n) is 6.31. The molecule has 26 heavy (non-hydrogen) atoms. The zero-order valence-corrected chi connectivity index (χ0v) is 15.9. The highest BCUT2D eigenvalue weighted by Crippen LogP contribution is 2.27. The number of carbonyl (C=O) groups is 1. The molecule has 3 rings (SSSR count). The second-order valence-corrected chi connectivity index (χ2v) is 7.23. The molecule has 0 saturated carbocycles. The smallest absolute Gasteiger partial charge is 0.257 e. The van der Waals surface area contributed by atoms with Crippen molar-refractivity contribution < 1.29 is 9.21 Å². The average Bonchev–Trinajstić information content (AvgIpc) is 3.06. The molecule has 5 nitrogen and oxygen atoms in total. The Morgan fingerprint density at radius 2 is 1.92 bits per heavy atom. The summed E-state index contributed by atoms with van der Waals surface area (Å²) in [5.41, 5.74) is 3.31. The van der Waals surface area contributed by atoms with Gasteiger partial charge in [-0.05, 0) is 50.8 Å². The van der Waals surface area contributed by atoms with E-state index < -0.39 is 0 Å². The number of nitrogens with zero attached hydrogens (tertiary/aromatic N) is 2. The summed E-state index contributed by atoms with van der Waals surface area (Å²) in [6.45, 7) is 1.62. The summed E-state index contributed by atoms with van der Waals surface area (Å²) in [6, 6.07) is 15.4. The first-order chi connectivity index (χ1) is 12.6. The zero-order chi connectivity index (χ0) is 18.4. The van der Waals surface area contributed by atoms with Crippen LogP contribution in [0.4, 0.5) is 0 Å². The van der Waals surface area contributed by atoms with Crippen molar-refractivity contribution in [2.45, 2.75) is 17.4 Å². The number of carbonyl (C=O) groups excluding carboxylic acids is 1. The van der Waals surface area contributed by atoms with Gasteiger partial charge in [0.2, 0.25) is 0 Å². The topological polar surface area (TPSA) is 58.4 Å². The molecule has 1 N–H and O–H groups in total. The summed E-state index contributed by atoms with van der Waals surface area (Å²) in [7, 11) is 4.06. The molecule has 2 aromatic carbocycles. The van der Waals surface area contributed by atoms with Gasteiger partial charge in [-0.1, -0.05) is 42.1 Å². The number of nitrogens with one attached hydrogen (secondary N) is 1. The molecule has 1 amide bonds. The van der Waals surface area contributed by atoms with Crippen LogP contribution >= 0.6 is 11.8 Å². The lowest BCUT2D eigenvalue weighted by molar-refractivity contribution is 0.0951. The van der Waals surface area contributed by atoms with Crippen LogP contribution in [0.2, 0.25) is 0 Å². The van der Waals surface area contributed by atoms with Gasteiger partial charge in [-0.2, -0.15) is 0 Å². The molecule has 0 unspecified atom stereocenters. The maximum Gasteiger partial charge on any atom is 0.257 e.